The van der Waals surface area contributed by atoms with Crippen molar-refractivity contribution < 1.29 is 9.13 Å². The Morgan fingerprint density at radius 1 is 1.39 bits per heavy atom. The van der Waals surface area contributed by atoms with Crippen molar-refractivity contribution in [3.8, 4) is 5.75 Å². The number of benzene rings is 1. The minimum absolute atomic E-state index is 0.0466. The predicted molar refractivity (Wildman–Crippen MR) is 68.2 cm³/mol. The van der Waals surface area contributed by atoms with E-state index in [-0.39, 0.29) is 17.6 Å². The van der Waals surface area contributed by atoms with Gasteiger partial charge in [-0.15, -0.1) is 0 Å². The summed E-state index contributed by atoms with van der Waals surface area (Å²) < 4.78 is 20.2. The highest BCUT2D eigenvalue weighted by molar-refractivity contribution is 5.48. The van der Waals surface area contributed by atoms with E-state index < -0.39 is 0 Å². The average Bonchev–Trinajstić information content (AvgIpc) is 2.76. The molecule has 0 fully saturated rings. The van der Waals surface area contributed by atoms with Gasteiger partial charge in [-0.2, -0.15) is 5.10 Å². The Morgan fingerprint density at radius 3 is 2.72 bits per heavy atom. The number of nitrogens with one attached hydrogen (secondary N) is 1. The fourth-order valence-corrected chi connectivity index (χ4v) is 1.89. The number of methoxy groups -OCH3 is 1. The Kier molecular flexibility index (Phi) is 3.50. The normalized spacial score (nSPS) is 12.2. The molecule has 0 amide bonds. The Balaban J connectivity index is 2.15. The van der Waals surface area contributed by atoms with Crippen molar-refractivity contribution in [2.24, 2.45) is 7.05 Å². The van der Waals surface area contributed by atoms with E-state index in [1.165, 1.54) is 13.2 Å². The molecule has 0 saturated carbocycles. The summed E-state index contributed by atoms with van der Waals surface area (Å²) in [6, 6.07) is 6.79. The summed E-state index contributed by atoms with van der Waals surface area (Å²) in [7, 11) is 3.33. The molecule has 18 heavy (non-hydrogen) atoms. The van der Waals surface area contributed by atoms with Crippen molar-refractivity contribution in [3.63, 3.8) is 0 Å². The van der Waals surface area contributed by atoms with Crippen LogP contribution in [-0.2, 0) is 7.05 Å². The fraction of sp³-hybridized carbons (Fsp3) is 0.308. The maximum absolute atomic E-state index is 13.5. The minimum Gasteiger partial charge on any atom is -0.494 e. The second-order valence-electron chi connectivity index (χ2n) is 4.10. The van der Waals surface area contributed by atoms with E-state index in [0.29, 0.717) is 5.69 Å². The smallest absolute Gasteiger partial charge is 0.167 e. The quantitative estimate of drug-likeness (QED) is 0.905. The van der Waals surface area contributed by atoms with Gasteiger partial charge in [-0.3, -0.25) is 4.68 Å². The third-order valence-corrected chi connectivity index (χ3v) is 2.84. The van der Waals surface area contributed by atoms with E-state index in [9.17, 15) is 4.39 Å². The summed E-state index contributed by atoms with van der Waals surface area (Å²) >= 11 is 0. The predicted octanol–water partition coefficient (Wildman–Crippen LogP) is 2.74. The molecule has 0 aliphatic carbocycles. The lowest BCUT2D eigenvalue weighted by molar-refractivity contribution is 0.386. The molecule has 0 bridgehead atoms. The molecule has 5 heteroatoms. The van der Waals surface area contributed by atoms with Gasteiger partial charge in [-0.05, 0) is 25.1 Å². The first-order valence-corrected chi connectivity index (χ1v) is 5.70. The summed E-state index contributed by atoms with van der Waals surface area (Å²) in [6.07, 6.45) is 1.74. The van der Waals surface area contributed by atoms with Crippen LogP contribution in [0.3, 0.4) is 0 Å². The first-order chi connectivity index (χ1) is 8.61. The summed E-state index contributed by atoms with van der Waals surface area (Å²) in [5.74, 6) is -0.131. The highest BCUT2D eigenvalue weighted by Gasteiger charge is 2.10. The van der Waals surface area contributed by atoms with Crippen LogP contribution in [0.5, 0.6) is 5.75 Å². The van der Waals surface area contributed by atoms with Crippen LogP contribution in [-0.4, -0.2) is 16.9 Å². The fourth-order valence-electron chi connectivity index (χ4n) is 1.89. The molecule has 0 aliphatic rings. The maximum atomic E-state index is 13.5. The minimum atomic E-state index is -0.375. The van der Waals surface area contributed by atoms with Crippen molar-refractivity contribution >= 4 is 5.69 Å². The van der Waals surface area contributed by atoms with Crippen LogP contribution < -0.4 is 10.1 Å². The molecule has 1 N–H and O–H groups in total. The zero-order valence-electron chi connectivity index (χ0n) is 10.6. The van der Waals surface area contributed by atoms with Crippen LogP contribution in [0.2, 0.25) is 0 Å². The summed E-state index contributed by atoms with van der Waals surface area (Å²) in [6.45, 7) is 2.00. The van der Waals surface area contributed by atoms with E-state index in [1.54, 1.807) is 23.0 Å². The topological polar surface area (TPSA) is 39.1 Å². The van der Waals surface area contributed by atoms with Gasteiger partial charge < -0.3 is 10.1 Å². The van der Waals surface area contributed by atoms with Gasteiger partial charge in [0.25, 0.3) is 0 Å². The maximum Gasteiger partial charge on any atom is 0.167 e. The van der Waals surface area contributed by atoms with Gasteiger partial charge in [0.2, 0.25) is 0 Å². The zero-order chi connectivity index (χ0) is 13.1. The van der Waals surface area contributed by atoms with Crippen molar-refractivity contribution in [1.29, 1.82) is 0 Å². The lowest BCUT2D eigenvalue weighted by atomic mass is 10.2. The van der Waals surface area contributed by atoms with E-state index in [2.05, 4.69) is 10.4 Å². The second kappa shape index (κ2) is 5.08. The van der Waals surface area contributed by atoms with Gasteiger partial charge in [-0.1, -0.05) is 0 Å². The standard InChI is InChI=1S/C13H16FN3O/c1-9(12-6-7-15-17(12)2)16-10-4-5-13(18-3)11(14)8-10/h4-9,16H,1-3H3. The van der Waals surface area contributed by atoms with Gasteiger partial charge in [0, 0.05) is 25.0 Å². The van der Waals surface area contributed by atoms with Crippen LogP contribution >= 0.6 is 0 Å². The van der Waals surface area contributed by atoms with Crippen LogP contribution in [0, 0.1) is 5.82 Å². The Morgan fingerprint density at radius 2 is 2.17 bits per heavy atom. The number of rotatable bonds is 4. The third-order valence-electron chi connectivity index (χ3n) is 2.84. The molecule has 1 heterocycles. The summed E-state index contributed by atoms with van der Waals surface area (Å²) in [5, 5.41) is 7.33. The van der Waals surface area contributed by atoms with Crippen molar-refractivity contribution in [2.45, 2.75) is 13.0 Å². The monoisotopic (exact) mass is 249 g/mol. The molecule has 0 aliphatic heterocycles. The highest BCUT2D eigenvalue weighted by atomic mass is 19.1. The molecule has 0 saturated heterocycles. The number of nitrogens with zero attached hydrogens (tertiary/aromatic N) is 2. The van der Waals surface area contributed by atoms with Gasteiger partial charge >= 0.3 is 0 Å². The van der Waals surface area contributed by atoms with Crippen LogP contribution in [0.4, 0.5) is 10.1 Å². The zero-order valence-corrected chi connectivity index (χ0v) is 10.6. The number of ether oxygens (including phenoxy) is 1. The number of anilines is 1. The van der Waals surface area contributed by atoms with Gasteiger partial charge in [0.1, 0.15) is 0 Å². The van der Waals surface area contributed by atoms with E-state index >= 15 is 0 Å². The van der Waals surface area contributed by atoms with E-state index in [1.807, 2.05) is 20.0 Å². The number of hydrogen-bond acceptors (Lipinski definition) is 3. The van der Waals surface area contributed by atoms with Crippen LogP contribution in [0.1, 0.15) is 18.7 Å². The molecule has 1 aromatic carbocycles. The van der Waals surface area contributed by atoms with Gasteiger partial charge in [0.05, 0.1) is 18.8 Å². The Bertz CT molecular complexity index is 539. The lowest BCUT2D eigenvalue weighted by Gasteiger charge is -2.16. The van der Waals surface area contributed by atoms with Crippen LogP contribution in [0.15, 0.2) is 30.5 Å². The molecule has 1 aromatic heterocycles. The molecule has 0 spiro atoms. The molecule has 1 atom stereocenters. The largest absolute Gasteiger partial charge is 0.494 e. The van der Waals surface area contributed by atoms with E-state index in [4.69, 9.17) is 4.74 Å². The lowest BCUT2D eigenvalue weighted by Crippen LogP contribution is -2.11. The first kappa shape index (κ1) is 12.4. The number of hydrogen-bond donors (Lipinski definition) is 1. The second-order valence-corrected chi connectivity index (χ2v) is 4.10. The number of aromatic nitrogens is 2. The van der Waals surface area contributed by atoms with Crippen molar-refractivity contribution in [3.05, 3.63) is 42.0 Å². The van der Waals surface area contributed by atoms with Crippen molar-refractivity contribution in [1.82, 2.24) is 9.78 Å². The molecule has 4 nitrogen and oxygen atoms in total. The van der Waals surface area contributed by atoms with Gasteiger partial charge in [0.15, 0.2) is 11.6 Å². The molecular formula is C13H16FN3O. The molecular weight excluding hydrogens is 233 g/mol. The Labute approximate surface area is 105 Å². The SMILES string of the molecule is COc1ccc(NC(C)c2ccnn2C)cc1F. The first-order valence-electron chi connectivity index (χ1n) is 5.70. The average molecular weight is 249 g/mol. The third kappa shape index (κ3) is 2.45. The summed E-state index contributed by atoms with van der Waals surface area (Å²) in [4.78, 5) is 0. The molecule has 0 radical (unpaired) electrons. The number of aryl methyl sites for hydroxylation is 1. The Hall–Kier alpha value is -2.04. The molecule has 1 unspecified atom stereocenters. The van der Waals surface area contributed by atoms with E-state index in [0.717, 1.165) is 5.69 Å². The van der Waals surface area contributed by atoms with Gasteiger partial charge in [-0.25, -0.2) is 4.39 Å². The summed E-state index contributed by atoms with van der Waals surface area (Å²) in [5.41, 5.74) is 1.74. The molecule has 2 rings (SSSR count). The highest BCUT2D eigenvalue weighted by Crippen LogP contribution is 2.24. The molecule has 96 valence electrons. The number of halogens is 1. The van der Waals surface area contributed by atoms with Crippen molar-refractivity contribution in [2.75, 3.05) is 12.4 Å². The molecule has 2 aromatic rings. The van der Waals surface area contributed by atoms with Crippen LogP contribution in [0.25, 0.3) is 0 Å².